The first-order valence-corrected chi connectivity index (χ1v) is 9.79. The minimum absolute atomic E-state index is 0.0174. The van der Waals surface area contributed by atoms with Crippen LogP contribution in [0, 0.1) is 22.7 Å². The van der Waals surface area contributed by atoms with Crippen LogP contribution in [0.3, 0.4) is 0 Å². The zero-order chi connectivity index (χ0) is 19.5. The standard InChI is InChI=1S/C22H34O4/c1-15(13-20(24)25)7-9-18-16(2)8-10-19-21(4,14-26-17(3)23)11-6-12-22(18,19)5/h13,18-19H,2,6-12,14H2,1,3-5H3,(H,24,25)/b15-13+. The number of carboxylic acids is 1. The molecule has 0 aliphatic heterocycles. The summed E-state index contributed by atoms with van der Waals surface area (Å²) in [6.07, 6.45) is 8.58. The van der Waals surface area contributed by atoms with E-state index in [0.717, 1.165) is 44.1 Å². The molecule has 26 heavy (non-hydrogen) atoms. The fourth-order valence-electron chi connectivity index (χ4n) is 5.71. The molecule has 0 aromatic rings. The Balaban J connectivity index is 2.20. The van der Waals surface area contributed by atoms with Gasteiger partial charge in [0.05, 0.1) is 6.61 Å². The molecule has 0 spiro atoms. The van der Waals surface area contributed by atoms with Gasteiger partial charge in [0.25, 0.3) is 0 Å². The van der Waals surface area contributed by atoms with Crippen molar-refractivity contribution in [3.63, 3.8) is 0 Å². The molecule has 4 heteroatoms. The van der Waals surface area contributed by atoms with E-state index < -0.39 is 5.97 Å². The van der Waals surface area contributed by atoms with Crippen LogP contribution in [0.25, 0.3) is 0 Å². The number of rotatable bonds is 6. The molecule has 0 aromatic heterocycles. The van der Waals surface area contributed by atoms with Crippen LogP contribution >= 0.6 is 0 Å². The third-order valence-electron chi connectivity index (χ3n) is 6.95. The molecule has 146 valence electrons. The van der Waals surface area contributed by atoms with Crippen LogP contribution in [0.15, 0.2) is 23.8 Å². The molecule has 0 aromatic carbocycles. The molecule has 2 fully saturated rings. The summed E-state index contributed by atoms with van der Waals surface area (Å²) in [5, 5.41) is 8.95. The van der Waals surface area contributed by atoms with Crippen molar-refractivity contribution in [1.82, 2.24) is 0 Å². The maximum atomic E-state index is 11.4. The summed E-state index contributed by atoms with van der Waals surface area (Å²) >= 11 is 0. The molecule has 0 saturated heterocycles. The molecule has 0 amide bonds. The third-order valence-corrected chi connectivity index (χ3v) is 6.95. The molecule has 4 atom stereocenters. The van der Waals surface area contributed by atoms with Crippen LogP contribution in [0.5, 0.6) is 0 Å². The van der Waals surface area contributed by atoms with E-state index in [1.54, 1.807) is 0 Å². The zero-order valence-corrected chi connectivity index (χ0v) is 16.8. The highest BCUT2D eigenvalue weighted by Gasteiger charge is 2.54. The molecule has 2 aliphatic carbocycles. The number of fused-ring (bicyclic) bond motifs is 1. The fraction of sp³-hybridized carbons (Fsp3) is 0.727. The van der Waals surface area contributed by atoms with Crippen molar-refractivity contribution >= 4 is 11.9 Å². The second kappa shape index (κ2) is 7.98. The number of ether oxygens (including phenoxy) is 1. The van der Waals surface area contributed by atoms with E-state index in [1.807, 2.05) is 6.92 Å². The highest BCUT2D eigenvalue weighted by Crippen LogP contribution is 2.62. The van der Waals surface area contributed by atoms with Crippen molar-refractivity contribution < 1.29 is 19.4 Å². The largest absolute Gasteiger partial charge is 0.478 e. The number of hydrogen-bond acceptors (Lipinski definition) is 3. The van der Waals surface area contributed by atoms with Crippen LogP contribution in [0.1, 0.15) is 72.6 Å². The van der Waals surface area contributed by atoms with Gasteiger partial charge in [-0.3, -0.25) is 4.79 Å². The Morgan fingerprint density at radius 3 is 2.62 bits per heavy atom. The van der Waals surface area contributed by atoms with E-state index in [9.17, 15) is 9.59 Å². The number of carbonyl (C=O) groups excluding carboxylic acids is 1. The van der Waals surface area contributed by atoms with Gasteiger partial charge in [-0.25, -0.2) is 4.79 Å². The lowest BCUT2D eigenvalue weighted by Gasteiger charge is -2.58. The summed E-state index contributed by atoms with van der Waals surface area (Å²) in [5.74, 6) is -0.178. The van der Waals surface area contributed by atoms with Gasteiger partial charge in [-0.05, 0) is 62.7 Å². The Hall–Kier alpha value is -1.58. The van der Waals surface area contributed by atoms with E-state index >= 15 is 0 Å². The molecule has 4 nitrogen and oxygen atoms in total. The highest BCUT2D eigenvalue weighted by molar-refractivity contribution is 5.80. The Bertz CT molecular complexity index is 605. The van der Waals surface area contributed by atoms with E-state index in [0.29, 0.717) is 18.4 Å². The summed E-state index contributed by atoms with van der Waals surface area (Å²) < 4.78 is 5.45. The lowest BCUT2D eigenvalue weighted by molar-refractivity contribution is -0.152. The topological polar surface area (TPSA) is 63.6 Å². The normalized spacial score (nSPS) is 34.9. The van der Waals surface area contributed by atoms with Gasteiger partial charge in [0, 0.05) is 18.4 Å². The minimum Gasteiger partial charge on any atom is -0.478 e. The van der Waals surface area contributed by atoms with Gasteiger partial charge in [0.15, 0.2) is 0 Å². The predicted molar refractivity (Wildman–Crippen MR) is 103 cm³/mol. The number of allylic oxidation sites excluding steroid dienone is 2. The Morgan fingerprint density at radius 2 is 2.00 bits per heavy atom. The van der Waals surface area contributed by atoms with Crippen LogP contribution in [-0.2, 0) is 14.3 Å². The van der Waals surface area contributed by atoms with Crippen LogP contribution in [-0.4, -0.2) is 23.7 Å². The summed E-state index contributed by atoms with van der Waals surface area (Å²) in [7, 11) is 0. The highest BCUT2D eigenvalue weighted by atomic mass is 16.5. The molecule has 2 aliphatic rings. The monoisotopic (exact) mass is 362 g/mol. The average Bonchev–Trinajstić information content (AvgIpc) is 2.51. The molecule has 2 saturated carbocycles. The van der Waals surface area contributed by atoms with Crippen LogP contribution < -0.4 is 0 Å². The lowest BCUT2D eigenvalue weighted by atomic mass is 9.47. The Kier molecular flexibility index (Phi) is 6.36. The van der Waals surface area contributed by atoms with Crippen LogP contribution in [0.2, 0.25) is 0 Å². The molecule has 0 radical (unpaired) electrons. The van der Waals surface area contributed by atoms with Crippen molar-refractivity contribution in [2.75, 3.05) is 6.61 Å². The molecular weight excluding hydrogens is 328 g/mol. The van der Waals surface area contributed by atoms with Crippen molar-refractivity contribution in [1.29, 1.82) is 0 Å². The lowest BCUT2D eigenvalue weighted by Crippen LogP contribution is -2.52. The zero-order valence-electron chi connectivity index (χ0n) is 16.8. The first kappa shape index (κ1) is 20.7. The maximum absolute atomic E-state index is 11.4. The van der Waals surface area contributed by atoms with E-state index in [-0.39, 0.29) is 16.8 Å². The van der Waals surface area contributed by atoms with Gasteiger partial charge in [0.2, 0.25) is 0 Å². The molecular formula is C22H34O4. The summed E-state index contributed by atoms with van der Waals surface area (Å²) in [4.78, 5) is 22.3. The molecule has 4 unspecified atom stereocenters. The second-order valence-electron chi connectivity index (χ2n) is 8.96. The van der Waals surface area contributed by atoms with Crippen molar-refractivity contribution in [3.05, 3.63) is 23.8 Å². The number of hydrogen-bond donors (Lipinski definition) is 1. The predicted octanol–water partition coefficient (Wildman–Crippen LogP) is 5.14. The number of aliphatic carboxylic acids is 1. The third kappa shape index (κ3) is 4.39. The SMILES string of the molecule is C=C1CCC2C(C)(COC(C)=O)CCCC2(C)C1CC/C(C)=C/C(=O)O. The fourth-order valence-corrected chi connectivity index (χ4v) is 5.71. The Labute approximate surface area is 157 Å². The van der Waals surface area contributed by atoms with Gasteiger partial charge < -0.3 is 9.84 Å². The summed E-state index contributed by atoms with van der Waals surface area (Å²) in [5.41, 5.74) is 2.38. The number of carboxylic acid groups (broad SMARTS) is 1. The van der Waals surface area contributed by atoms with Gasteiger partial charge in [-0.1, -0.05) is 38.0 Å². The number of carbonyl (C=O) groups is 2. The smallest absolute Gasteiger partial charge is 0.328 e. The van der Waals surface area contributed by atoms with Crippen molar-refractivity contribution in [2.45, 2.75) is 72.6 Å². The van der Waals surface area contributed by atoms with Gasteiger partial charge in [-0.15, -0.1) is 0 Å². The number of esters is 1. The van der Waals surface area contributed by atoms with Crippen molar-refractivity contribution in [2.24, 2.45) is 22.7 Å². The minimum atomic E-state index is -0.874. The first-order chi connectivity index (χ1) is 12.1. The van der Waals surface area contributed by atoms with E-state index in [1.165, 1.54) is 25.0 Å². The average molecular weight is 363 g/mol. The van der Waals surface area contributed by atoms with Gasteiger partial charge in [0.1, 0.15) is 0 Å². The van der Waals surface area contributed by atoms with Gasteiger partial charge >= 0.3 is 11.9 Å². The van der Waals surface area contributed by atoms with Gasteiger partial charge in [-0.2, -0.15) is 0 Å². The maximum Gasteiger partial charge on any atom is 0.328 e. The second-order valence-corrected chi connectivity index (χ2v) is 8.96. The van der Waals surface area contributed by atoms with E-state index in [4.69, 9.17) is 9.84 Å². The van der Waals surface area contributed by atoms with Crippen LogP contribution in [0.4, 0.5) is 0 Å². The first-order valence-electron chi connectivity index (χ1n) is 9.79. The quantitative estimate of drug-likeness (QED) is 0.404. The van der Waals surface area contributed by atoms with Crippen molar-refractivity contribution in [3.8, 4) is 0 Å². The summed E-state index contributed by atoms with van der Waals surface area (Å²) in [6, 6.07) is 0. The Morgan fingerprint density at radius 1 is 1.31 bits per heavy atom. The molecule has 0 heterocycles. The van der Waals surface area contributed by atoms with E-state index in [2.05, 4.69) is 20.4 Å². The molecule has 0 bridgehead atoms. The summed E-state index contributed by atoms with van der Waals surface area (Å²) in [6.45, 7) is 12.9. The molecule has 2 rings (SSSR count). The molecule has 1 N–H and O–H groups in total.